The average Bonchev–Trinajstić information content (AvgIpc) is 2.44. The molecule has 1 atom stereocenters. The Hall–Kier alpha value is -2.19. The molecule has 0 bridgehead atoms. The Kier molecular flexibility index (Phi) is 4.39. The summed E-state index contributed by atoms with van der Waals surface area (Å²) < 4.78 is 27.5. The highest BCUT2D eigenvalue weighted by Crippen LogP contribution is 2.21. The van der Waals surface area contributed by atoms with E-state index in [9.17, 15) is 8.42 Å². The molecule has 1 aromatic heterocycles. The molecule has 0 radical (unpaired) electrons. The fourth-order valence-corrected chi connectivity index (χ4v) is 3.40. The van der Waals surface area contributed by atoms with Crippen LogP contribution in [0.5, 0.6) is 0 Å². The Morgan fingerprint density at radius 1 is 1.38 bits per heavy atom. The fourth-order valence-electron chi connectivity index (χ4n) is 1.94. The Morgan fingerprint density at radius 2 is 2.14 bits per heavy atom. The van der Waals surface area contributed by atoms with Gasteiger partial charge in [0.2, 0.25) is 10.0 Å². The van der Waals surface area contributed by atoms with Gasteiger partial charge in [0.25, 0.3) is 0 Å². The van der Waals surface area contributed by atoms with Crippen molar-refractivity contribution in [1.82, 2.24) is 9.71 Å². The zero-order valence-electron chi connectivity index (χ0n) is 11.5. The minimum atomic E-state index is -3.66. The van der Waals surface area contributed by atoms with E-state index in [1.807, 2.05) is 6.07 Å². The van der Waals surface area contributed by atoms with Crippen LogP contribution in [0.15, 0.2) is 46.5 Å². The lowest BCUT2D eigenvalue weighted by molar-refractivity contribution is 0.563. The number of rotatable bonds is 5. The second-order valence-electron chi connectivity index (χ2n) is 4.64. The Bertz CT molecular complexity index is 764. The van der Waals surface area contributed by atoms with Gasteiger partial charge in [-0.25, -0.2) is 13.1 Å². The largest absolute Gasteiger partial charge is 0.370 e. The Morgan fingerprint density at radius 3 is 2.86 bits per heavy atom. The molecule has 8 heteroatoms. The van der Waals surface area contributed by atoms with Crippen molar-refractivity contribution < 1.29 is 8.42 Å². The van der Waals surface area contributed by atoms with E-state index in [2.05, 4.69) is 14.7 Å². The number of aromatic nitrogens is 1. The molecule has 1 unspecified atom stereocenters. The molecular formula is C13H17N5O2S. The monoisotopic (exact) mass is 307 g/mol. The number of guanidine groups is 1. The number of nitrogens with one attached hydrogen (secondary N) is 1. The summed E-state index contributed by atoms with van der Waals surface area (Å²) in [7, 11) is -3.66. The number of sulfonamides is 1. The van der Waals surface area contributed by atoms with E-state index in [0.717, 1.165) is 5.39 Å². The van der Waals surface area contributed by atoms with Gasteiger partial charge >= 0.3 is 0 Å². The highest BCUT2D eigenvalue weighted by Gasteiger charge is 2.19. The molecule has 2 rings (SSSR count). The van der Waals surface area contributed by atoms with Crippen LogP contribution in [0.1, 0.15) is 6.92 Å². The highest BCUT2D eigenvalue weighted by molar-refractivity contribution is 7.89. The number of hydrogen-bond acceptors (Lipinski definition) is 4. The molecule has 1 heterocycles. The van der Waals surface area contributed by atoms with Gasteiger partial charge in [-0.2, -0.15) is 0 Å². The maximum atomic E-state index is 12.5. The molecule has 0 saturated carbocycles. The predicted molar refractivity (Wildman–Crippen MR) is 82.2 cm³/mol. The van der Waals surface area contributed by atoms with Crippen LogP contribution >= 0.6 is 0 Å². The van der Waals surface area contributed by atoms with Crippen molar-refractivity contribution in [2.45, 2.75) is 17.9 Å². The van der Waals surface area contributed by atoms with Crippen molar-refractivity contribution >= 4 is 26.8 Å². The first kappa shape index (κ1) is 15.2. The first-order valence-corrected chi connectivity index (χ1v) is 7.79. The molecule has 7 nitrogen and oxygen atoms in total. The lowest BCUT2D eigenvalue weighted by Crippen LogP contribution is -2.36. The van der Waals surface area contributed by atoms with E-state index in [4.69, 9.17) is 11.5 Å². The van der Waals surface area contributed by atoms with Gasteiger partial charge in [-0.1, -0.05) is 12.1 Å². The molecule has 0 aliphatic heterocycles. The van der Waals surface area contributed by atoms with Crippen LogP contribution in [0.3, 0.4) is 0 Å². The van der Waals surface area contributed by atoms with E-state index >= 15 is 0 Å². The Labute approximate surface area is 123 Å². The lowest BCUT2D eigenvalue weighted by atomic mass is 10.2. The summed E-state index contributed by atoms with van der Waals surface area (Å²) in [5.41, 5.74) is 10.5. The third-order valence-electron chi connectivity index (χ3n) is 2.83. The first-order valence-electron chi connectivity index (χ1n) is 6.30. The smallest absolute Gasteiger partial charge is 0.241 e. The minimum Gasteiger partial charge on any atom is -0.370 e. The van der Waals surface area contributed by atoms with Gasteiger partial charge in [-0.05, 0) is 19.1 Å². The standard InChI is InChI=1S/C13H17N5O2S/c1-9(7-17-13(14)15)18-21(19,20)12-4-2-3-10-8-16-6-5-11(10)12/h2-6,8-9,18H,7H2,1H3,(H4,14,15,17). The summed E-state index contributed by atoms with van der Waals surface area (Å²) in [6.07, 6.45) is 3.18. The van der Waals surface area contributed by atoms with Crippen LogP contribution in [0.4, 0.5) is 0 Å². The maximum Gasteiger partial charge on any atom is 0.241 e. The molecule has 21 heavy (non-hydrogen) atoms. The summed E-state index contributed by atoms with van der Waals surface area (Å²) in [5, 5.41) is 1.38. The van der Waals surface area contributed by atoms with Crippen molar-refractivity contribution in [3.63, 3.8) is 0 Å². The molecular weight excluding hydrogens is 290 g/mol. The molecule has 2 aromatic rings. The molecule has 5 N–H and O–H groups in total. The summed E-state index contributed by atoms with van der Waals surface area (Å²) in [6, 6.07) is 6.29. The van der Waals surface area contributed by atoms with Crippen LogP contribution in [-0.4, -0.2) is 31.9 Å². The number of aliphatic imine (C=N–C) groups is 1. The summed E-state index contributed by atoms with van der Waals surface area (Å²) >= 11 is 0. The quantitative estimate of drug-likeness (QED) is 0.537. The SMILES string of the molecule is CC(CN=C(N)N)NS(=O)(=O)c1cccc2cnccc12. The van der Waals surface area contributed by atoms with Crippen LogP contribution in [0.2, 0.25) is 0 Å². The predicted octanol–water partition coefficient (Wildman–Crippen LogP) is 0.175. The zero-order valence-corrected chi connectivity index (χ0v) is 12.3. The topological polar surface area (TPSA) is 123 Å². The molecule has 0 aliphatic carbocycles. The van der Waals surface area contributed by atoms with Crippen LogP contribution in [0, 0.1) is 0 Å². The molecule has 0 amide bonds. The van der Waals surface area contributed by atoms with E-state index in [0.29, 0.717) is 5.39 Å². The molecule has 112 valence electrons. The van der Waals surface area contributed by atoms with Crippen molar-refractivity contribution in [1.29, 1.82) is 0 Å². The number of fused-ring (bicyclic) bond motifs is 1. The lowest BCUT2D eigenvalue weighted by Gasteiger charge is -2.13. The third kappa shape index (κ3) is 3.67. The number of nitrogens with zero attached hydrogens (tertiary/aromatic N) is 2. The van der Waals surface area contributed by atoms with Crippen molar-refractivity contribution in [2.75, 3.05) is 6.54 Å². The van der Waals surface area contributed by atoms with Crippen LogP contribution < -0.4 is 16.2 Å². The van der Waals surface area contributed by atoms with Gasteiger partial charge in [0.15, 0.2) is 5.96 Å². The Balaban J connectivity index is 2.32. The van der Waals surface area contributed by atoms with Crippen molar-refractivity contribution in [3.05, 3.63) is 36.7 Å². The van der Waals surface area contributed by atoms with Gasteiger partial charge in [-0.3, -0.25) is 9.98 Å². The highest BCUT2D eigenvalue weighted by atomic mass is 32.2. The van der Waals surface area contributed by atoms with Crippen LogP contribution in [0.25, 0.3) is 10.8 Å². The van der Waals surface area contributed by atoms with E-state index < -0.39 is 16.1 Å². The normalized spacial score (nSPS) is 13.0. The molecule has 0 spiro atoms. The minimum absolute atomic E-state index is 0.0720. The number of benzene rings is 1. The zero-order chi connectivity index (χ0) is 15.5. The second-order valence-corrected chi connectivity index (χ2v) is 6.32. The van der Waals surface area contributed by atoms with Gasteiger partial charge in [0.05, 0.1) is 11.4 Å². The molecule has 0 aliphatic rings. The molecule has 1 aromatic carbocycles. The summed E-state index contributed by atoms with van der Waals surface area (Å²) in [6.45, 7) is 1.87. The fraction of sp³-hybridized carbons (Fsp3) is 0.231. The number of pyridine rings is 1. The maximum absolute atomic E-state index is 12.5. The van der Waals surface area contributed by atoms with Gasteiger partial charge in [-0.15, -0.1) is 0 Å². The number of nitrogens with two attached hydrogens (primary N) is 2. The van der Waals surface area contributed by atoms with Crippen molar-refractivity contribution in [2.24, 2.45) is 16.5 Å². The first-order chi connectivity index (χ1) is 9.90. The van der Waals surface area contributed by atoms with Gasteiger partial charge in [0.1, 0.15) is 0 Å². The second kappa shape index (κ2) is 6.06. The summed E-state index contributed by atoms with van der Waals surface area (Å²) in [4.78, 5) is 7.99. The van der Waals surface area contributed by atoms with Crippen LogP contribution in [-0.2, 0) is 10.0 Å². The third-order valence-corrected chi connectivity index (χ3v) is 4.48. The molecule has 0 saturated heterocycles. The van der Waals surface area contributed by atoms with E-state index in [1.165, 1.54) is 0 Å². The number of hydrogen-bond donors (Lipinski definition) is 3. The van der Waals surface area contributed by atoms with E-state index in [1.54, 1.807) is 37.5 Å². The van der Waals surface area contributed by atoms with Crippen molar-refractivity contribution in [3.8, 4) is 0 Å². The molecule has 0 fully saturated rings. The van der Waals surface area contributed by atoms with E-state index in [-0.39, 0.29) is 17.4 Å². The summed E-state index contributed by atoms with van der Waals surface area (Å²) in [5.74, 6) is -0.0720. The average molecular weight is 307 g/mol. The van der Waals surface area contributed by atoms with Gasteiger partial charge < -0.3 is 11.5 Å². The van der Waals surface area contributed by atoms with Gasteiger partial charge in [0, 0.05) is 29.2 Å².